The van der Waals surface area contributed by atoms with Crippen LogP contribution >= 0.6 is 7.82 Å². The highest BCUT2D eigenvalue weighted by atomic mass is 31.2. The summed E-state index contributed by atoms with van der Waals surface area (Å²) in [4.78, 5) is 0. The van der Waals surface area contributed by atoms with Gasteiger partial charge in [-0.05, 0) is 6.42 Å². The van der Waals surface area contributed by atoms with Gasteiger partial charge >= 0.3 is 13.8 Å². The van der Waals surface area contributed by atoms with Crippen molar-refractivity contribution in [2.75, 3.05) is 0 Å². The summed E-state index contributed by atoms with van der Waals surface area (Å²) in [5.41, 5.74) is 0. The summed E-state index contributed by atoms with van der Waals surface area (Å²) >= 11 is 0. The number of phosphoric ester groups is 1. The highest BCUT2D eigenvalue weighted by Crippen LogP contribution is 2.81. The van der Waals surface area contributed by atoms with Crippen LogP contribution in [0, 0.1) is 0 Å². The topological polar surface area (TPSA) is 44.8 Å². The molecule has 0 saturated carbocycles. The summed E-state index contributed by atoms with van der Waals surface area (Å²) in [6.45, 7) is 2.26. The van der Waals surface area contributed by atoms with Gasteiger partial charge < -0.3 is 0 Å². The van der Waals surface area contributed by atoms with Gasteiger partial charge in [0, 0.05) is 6.42 Å². The first kappa shape index (κ1) is 16.5. The molecule has 20 heavy (non-hydrogen) atoms. The van der Waals surface area contributed by atoms with Gasteiger partial charge in [-0.15, -0.1) is 0 Å². The van der Waals surface area contributed by atoms with Crippen LogP contribution in [0.25, 0.3) is 0 Å². The second-order valence-electron chi connectivity index (χ2n) is 6.04. The Morgan fingerprint density at radius 2 is 1.10 bits per heavy atom. The van der Waals surface area contributed by atoms with Crippen molar-refractivity contribution >= 4 is 7.82 Å². The molecule has 0 amide bonds. The molecule has 0 aliphatic carbocycles. The van der Waals surface area contributed by atoms with Gasteiger partial charge in [0.05, 0.1) is 0 Å². The van der Waals surface area contributed by atoms with Crippen molar-refractivity contribution in [3.63, 3.8) is 0 Å². The van der Waals surface area contributed by atoms with Gasteiger partial charge in [0.1, 0.15) is 0 Å². The fraction of sp³-hybridized carbons (Fsp3) is 1.00. The Labute approximate surface area is 123 Å². The molecule has 3 saturated heterocycles. The summed E-state index contributed by atoms with van der Waals surface area (Å²) in [6, 6.07) is 0. The maximum atomic E-state index is 11.0. The lowest BCUT2D eigenvalue weighted by Gasteiger charge is -2.55. The number of hydrogen-bond donors (Lipinski definition) is 0. The molecule has 0 spiro atoms. The second kappa shape index (κ2) is 7.93. The Morgan fingerprint density at radius 1 is 0.700 bits per heavy atom. The van der Waals surface area contributed by atoms with E-state index in [1.807, 2.05) is 0 Å². The van der Waals surface area contributed by atoms with Crippen LogP contribution in [0.2, 0.25) is 0 Å². The summed E-state index contributed by atoms with van der Waals surface area (Å²) < 4.78 is 26.0. The van der Waals surface area contributed by atoms with Crippen LogP contribution in [0.4, 0.5) is 0 Å². The summed E-state index contributed by atoms with van der Waals surface area (Å²) in [7, 11) is -2.97. The van der Waals surface area contributed by atoms with E-state index in [0.717, 1.165) is 6.42 Å². The number of unbranched alkanes of at least 4 members (excludes halogenated alkanes) is 11. The van der Waals surface area contributed by atoms with E-state index in [0.29, 0.717) is 6.42 Å². The van der Waals surface area contributed by atoms with E-state index in [2.05, 4.69) is 6.92 Å². The van der Waals surface area contributed by atoms with Crippen molar-refractivity contribution in [3.8, 4) is 0 Å². The molecule has 3 rings (SSSR count). The molecule has 0 N–H and O–H groups in total. The maximum absolute atomic E-state index is 11.0. The van der Waals surface area contributed by atoms with Crippen LogP contribution in [-0.4, -0.2) is 5.97 Å². The molecule has 0 aromatic heterocycles. The normalized spacial score (nSPS) is 30.9. The first-order valence-corrected chi connectivity index (χ1v) is 9.86. The zero-order valence-electron chi connectivity index (χ0n) is 12.8. The fourth-order valence-electron chi connectivity index (χ4n) is 2.85. The zero-order valence-corrected chi connectivity index (χ0v) is 13.7. The maximum Gasteiger partial charge on any atom is 0.488 e. The van der Waals surface area contributed by atoms with Crippen molar-refractivity contribution < 1.29 is 18.1 Å². The van der Waals surface area contributed by atoms with Gasteiger partial charge in [0.15, 0.2) is 0 Å². The Morgan fingerprint density at radius 3 is 1.50 bits per heavy atom. The average Bonchev–Trinajstić information content (AvgIpc) is 2.36. The van der Waals surface area contributed by atoms with E-state index in [1.54, 1.807) is 0 Å². The molecule has 0 aromatic carbocycles. The highest BCUT2D eigenvalue weighted by molar-refractivity contribution is 7.51. The summed E-state index contributed by atoms with van der Waals surface area (Å²) in [5.74, 6) is -0.895. The van der Waals surface area contributed by atoms with Gasteiger partial charge in [-0.25, -0.2) is 18.1 Å². The average molecular weight is 304 g/mol. The van der Waals surface area contributed by atoms with Crippen LogP contribution in [-0.2, 0) is 18.1 Å². The molecule has 4 nitrogen and oxygen atoms in total. The van der Waals surface area contributed by atoms with Gasteiger partial charge in [-0.2, -0.15) is 0 Å². The number of rotatable bonds is 13. The first-order valence-electron chi connectivity index (χ1n) is 8.40. The molecule has 3 fully saturated rings. The Hall–Kier alpha value is 0.110. The van der Waals surface area contributed by atoms with Crippen molar-refractivity contribution in [2.45, 2.75) is 96.4 Å². The van der Waals surface area contributed by atoms with E-state index in [-0.39, 0.29) is 0 Å². The van der Waals surface area contributed by atoms with Gasteiger partial charge in [0.2, 0.25) is 0 Å². The molecule has 3 aliphatic heterocycles. The van der Waals surface area contributed by atoms with Crippen LogP contribution in [0.1, 0.15) is 90.4 Å². The molecule has 5 heteroatoms. The molecule has 0 unspecified atom stereocenters. The van der Waals surface area contributed by atoms with Crippen molar-refractivity contribution in [2.24, 2.45) is 0 Å². The molecule has 3 heterocycles. The van der Waals surface area contributed by atoms with Crippen LogP contribution in [0.15, 0.2) is 0 Å². The smallest absolute Gasteiger partial charge is 0.227 e. The van der Waals surface area contributed by atoms with E-state index in [1.165, 1.54) is 70.6 Å². The minimum atomic E-state index is -2.97. The van der Waals surface area contributed by atoms with Crippen molar-refractivity contribution in [3.05, 3.63) is 0 Å². The largest absolute Gasteiger partial charge is 0.488 e. The molecule has 3 aliphatic rings. The number of hydrogen-bond acceptors (Lipinski definition) is 4. The second-order valence-corrected chi connectivity index (χ2v) is 7.49. The van der Waals surface area contributed by atoms with Gasteiger partial charge in [-0.1, -0.05) is 77.6 Å². The van der Waals surface area contributed by atoms with Gasteiger partial charge in [0.25, 0.3) is 0 Å². The molecule has 2 bridgehead atoms. The van der Waals surface area contributed by atoms with Crippen LogP contribution < -0.4 is 0 Å². The zero-order chi connectivity index (χ0) is 14.3. The van der Waals surface area contributed by atoms with E-state index < -0.39 is 13.8 Å². The first-order chi connectivity index (χ1) is 9.68. The monoisotopic (exact) mass is 304 g/mol. The Balaban J connectivity index is 1.27. The third-order valence-electron chi connectivity index (χ3n) is 4.09. The molecular weight excluding hydrogens is 275 g/mol. The molecule has 0 aromatic rings. The summed E-state index contributed by atoms with van der Waals surface area (Å²) in [6.07, 6.45) is 16.6. The molecular formula is C15H29O4P. The lowest BCUT2D eigenvalue weighted by molar-refractivity contribution is -0.430. The lowest BCUT2D eigenvalue weighted by Crippen LogP contribution is -2.56. The molecule has 0 atom stereocenters. The molecule has 118 valence electrons. The minimum absolute atomic E-state index is 0.717. The van der Waals surface area contributed by atoms with Crippen LogP contribution in [0.5, 0.6) is 0 Å². The fourth-order valence-corrected chi connectivity index (χ4v) is 4.19. The number of phosphoric acid groups is 1. The predicted octanol–water partition coefficient (Wildman–Crippen LogP) is 5.92. The third-order valence-corrected chi connectivity index (χ3v) is 5.59. The quantitative estimate of drug-likeness (QED) is 0.313. The highest BCUT2D eigenvalue weighted by Gasteiger charge is 2.74. The van der Waals surface area contributed by atoms with Gasteiger partial charge in [-0.3, -0.25) is 0 Å². The molecule has 0 radical (unpaired) electrons. The Kier molecular flexibility index (Phi) is 6.54. The lowest BCUT2D eigenvalue weighted by atomic mass is 10.0. The van der Waals surface area contributed by atoms with Crippen molar-refractivity contribution in [1.82, 2.24) is 0 Å². The third kappa shape index (κ3) is 4.84. The van der Waals surface area contributed by atoms with Crippen LogP contribution in [0.3, 0.4) is 0 Å². The standard InChI is InChI=1S/C15H29O4P/c1-2-3-4-5-6-7-8-9-10-11-12-13-14-15-17-20(16,18-15)19-15/h2-14H2,1H3. The SMILES string of the molecule is CCCCCCCCCCCCCCC12OP(=O)(O1)O2. The van der Waals surface area contributed by atoms with Crippen molar-refractivity contribution in [1.29, 1.82) is 0 Å². The Bertz CT molecular complexity index is 305. The van der Waals surface area contributed by atoms with E-state index in [9.17, 15) is 4.57 Å². The minimum Gasteiger partial charge on any atom is -0.227 e. The predicted molar refractivity (Wildman–Crippen MR) is 79.3 cm³/mol. The summed E-state index contributed by atoms with van der Waals surface area (Å²) in [5, 5.41) is 0. The van der Waals surface area contributed by atoms with E-state index >= 15 is 0 Å². The van der Waals surface area contributed by atoms with E-state index in [4.69, 9.17) is 13.6 Å².